The second-order valence-corrected chi connectivity index (χ2v) is 8.51. The van der Waals surface area contributed by atoms with Crippen LogP contribution in [0.4, 0.5) is 5.69 Å². The average molecular weight is 390 g/mol. The Morgan fingerprint density at radius 3 is 2.77 bits per heavy atom. The fourth-order valence-electron chi connectivity index (χ4n) is 2.80. The maximum absolute atomic E-state index is 11.8. The van der Waals surface area contributed by atoms with Crippen LogP contribution in [0, 0.1) is 0 Å². The third-order valence-electron chi connectivity index (χ3n) is 4.04. The molecule has 0 aliphatic rings. The number of ether oxygens (including phenoxy) is 1. The zero-order valence-corrected chi connectivity index (χ0v) is 16.3. The molecule has 0 spiro atoms. The number of hydrogen-bond donors (Lipinski definition) is 1. The van der Waals surface area contributed by atoms with E-state index < -0.39 is 9.84 Å². The van der Waals surface area contributed by atoms with Crippen molar-refractivity contribution in [3.63, 3.8) is 0 Å². The van der Waals surface area contributed by atoms with Crippen molar-refractivity contribution in [2.24, 2.45) is 7.05 Å². The fraction of sp³-hybridized carbons (Fsp3) is 0.222. The molecule has 3 aromatic rings. The number of thiocarbonyl (C=S) groups is 1. The first-order valence-corrected chi connectivity index (χ1v) is 10.2. The quantitative estimate of drug-likeness (QED) is 0.677. The van der Waals surface area contributed by atoms with E-state index in [1.807, 2.05) is 29.8 Å². The van der Waals surface area contributed by atoms with Gasteiger partial charge >= 0.3 is 0 Å². The Hall–Kier alpha value is -2.45. The van der Waals surface area contributed by atoms with Crippen molar-refractivity contribution in [3.05, 3.63) is 48.3 Å². The van der Waals surface area contributed by atoms with Crippen molar-refractivity contribution in [3.8, 4) is 5.75 Å². The molecule has 0 radical (unpaired) electrons. The summed E-state index contributed by atoms with van der Waals surface area (Å²) in [5.74, 6) is 0.597. The monoisotopic (exact) mass is 389 g/mol. The van der Waals surface area contributed by atoms with Crippen molar-refractivity contribution in [2.45, 2.75) is 11.3 Å². The predicted octanol–water partition coefficient (Wildman–Crippen LogP) is 2.97. The predicted molar refractivity (Wildman–Crippen MR) is 107 cm³/mol. The summed E-state index contributed by atoms with van der Waals surface area (Å²) in [6, 6.07) is 10.6. The molecule has 136 valence electrons. The van der Waals surface area contributed by atoms with Crippen molar-refractivity contribution in [2.75, 3.05) is 18.7 Å². The zero-order valence-electron chi connectivity index (χ0n) is 14.7. The number of rotatable bonds is 5. The largest absolute Gasteiger partial charge is 0.496 e. The Bertz CT molecular complexity index is 1090. The van der Waals surface area contributed by atoms with Crippen LogP contribution in [0.1, 0.15) is 5.56 Å². The first-order chi connectivity index (χ1) is 12.3. The molecule has 26 heavy (non-hydrogen) atoms. The van der Waals surface area contributed by atoms with Gasteiger partial charge in [-0.05, 0) is 30.3 Å². The third kappa shape index (κ3) is 3.71. The molecular formula is C18H19N3O3S2. The highest BCUT2D eigenvalue weighted by Gasteiger charge is 2.14. The molecule has 0 bridgehead atoms. The number of hydrogen-bond acceptors (Lipinski definition) is 5. The molecule has 0 fully saturated rings. The van der Waals surface area contributed by atoms with E-state index in [0.717, 1.165) is 16.7 Å². The van der Waals surface area contributed by atoms with Gasteiger partial charge in [0.05, 0.1) is 40.0 Å². The number of nitrogens with zero attached hydrogens (tertiary/aromatic N) is 2. The lowest BCUT2D eigenvalue weighted by Gasteiger charge is -2.13. The second-order valence-electron chi connectivity index (χ2n) is 6.00. The molecule has 3 rings (SSSR count). The topological polar surface area (TPSA) is 73.2 Å². The molecule has 6 nitrogen and oxygen atoms in total. The minimum atomic E-state index is -3.30. The lowest BCUT2D eigenvalue weighted by atomic mass is 10.1. The Morgan fingerprint density at radius 1 is 1.31 bits per heavy atom. The summed E-state index contributed by atoms with van der Waals surface area (Å²) >= 11 is 5.50. The molecule has 0 aliphatic carbocycles. The van der Waals surface area contributed by atoms with Gasteiger partial charge in [0, 0.05) is 25.3 Å². The SMILES string of the molecule is COc1ccc(S(C)(=O)=O)cc1CC(=S)Nc1cccc2ncn(C)c12. The highest BCUT2D eigenvalue weighted by Crippen LogP contribution is 2.25. The number of methoxy groups -OCH3 is 1. The molecule has 2 aromatic carbocycles. The number of anilines is 1. The van der Waals surface area contributed by atoms with Gasteiger partial charge in [-0.15, -0.1) is 0 Å². The highest BCUT2D eigenvalue weighted by molar-refractivity contribution is 7.90. The molecule has 0 unspecified atom stereocenters. The van der Waals surface area contributed by atoms with Crippen LogP contribution in [0.15, 0.2) is 47.6 Å². The van der Waals surface area contributed by atoms with E-state index in [1.54, 1.807) is 25.6 Å². The Kier molecular flexibility index (Phi) is 4.97. The highest BCUT2D eigenvalue weighted by atomic mass is 32.2. The summed E-state index contributed by atoms with van der Waals surface area (Å²) in [4.78, 5) is 5.13. The number of fused-ring (bicyclic) bond motifs is 1. The van der Waals surface area contributed by atoms with Gasteiger partial charge in [-0.3, -0.25) is 0 Å². The van der Waals surface area contributed by atoms with Gasteiger partial charge in [0.15, 0.2) is 9.84 Å². The second kappa shape index (κ2) is 7.05. The molecule has 0 aliphatic heterocycles. The molecule has 1 N–H and O–H groups in total. The standard InChI is InChI=1S/C18H19N3O3S2/c1-21-11-19-14-5-4-6-15(18(14)21)20-17(25)10-12-9-13(26(3,22)23)7-8-16(12)24-2/h4-9,11H,10H2,1-3H3,(H,20,25). The van der Waals surface area contributed by atoms with Crippen molar-refractivity contribution < 1.29 is 13.2 Å². The van der Waals surface area contributed by atoms with E-state index in [9.17, 15) is 8.42 Å². The van der Waals surface area contributed by atoms with Crippen molar-refractivity contribution in [1.29, 1.82) is 0 Å². The zero-order chi connectivity index (χ0) is 18.9. The molecule has 1 aromatic heterocycles. The normalized spacial score (nSPS) is 11.5. The number of sulfone groups is 1. The van der Waals surface area contributed by atoms with E-state index in [4.69, 9.17) is 17.0 Å². The van der Waals surface area contributed by atoms with Crippen LogP contribution in [0.5, 0.6) is 5.75 Å². The maximum Gasteiger partial charge on any atom is 0.175 e. The van der Waals surface area contributed by atoms with E-state index in [0.29, 0.717) is 22.7 Å². The summed E-state index contributed by atoms with van der Waals surface area (Å²) in [7, 11) is 0.164. The number of aromatic nitrogens is 2. The van der Waals surface area contributed by atoms with Crippen LogP contribution in [0.3, 0.4) is 0 Å². The van der Waals surface area contributed by atoms with Crippen LogP contribution in [-0.2, 0) is 23.3 Å². The van der Waals surface area contributed by atoms with Gasteiger partial charge in [-0.2, -0.15) is 0 Å². The first kappa shape index (κ1) is 18.3. The fourth-order valence-corrected chi connectivity index (χ4v) is 3.74. The van der Waals surface area contributed by atoms with Crippen molar-refractivity contribution >= 4 is 43.8 Å². The number of benzene rings is 2. The third-order valence-corrected chi connectivity index (χ3v) is 5.40. The van der Waals surface area contributed by atoms with E-state index in [-0.39, 0.29) is 4.90 Å². The summed E-state index contributed by atoms with van der Waals surface area (Å²) in [5, 5.41) is 3.24. The van der Waals surface area contributed by atoms with E-state index >= 15 is 0 Å². The van der Waals surface area contributed by atoms with E-state index in [1.165, 1.54) is 12.3 Å². The summed E-state index contributed by atoms with van der Waals surface area (Å²) in [5.41, 5.74) is 3.39. The minimum Gasteiger partial charge on any atom is -0.496 e. The lowest BCUT2D eigenvalue weighted by molar-refractivity contribution is 0.410. The van der Waals surface area contributed by atoms with Gasteiger partial charge in [-0.25, -0.2) is 13.4 Å². The summed E-state index contributed by atoms with van der Waals surface area (Å²) in [6.45, 7) is 0. The van der Waals surface area contributed by atoms with Gasteiger partial charge < -0.3 is 14.6 Å². The van der Waals surface area contributed by atoms with Gasteiger partial charge in [0.25, 0.3) is 0 Å². The number of aryl methyl sites for hydroxylation is 1. The molecule has 8 heteroatoms. The molecule has 0 saturated heterocycles. The van der Waals surface area contributed by atoms with Gasteiger partial charge in [0.1, 0.15) is 5.75 Å². The molecule has 0 saturated carbocycles. The average Bonchev–Trinajstić information content (AvgIpc) is 2.96. The van der Waals surface area contributed by atoms with Gasteiger partial charge in [-0.1, -0.05) is 18.3 Å². The van der Waals surface area contributed by atoms with Crippen LogP contribution in [0.2, 0.25) is 0 Å². The van der Waals surface area contributed by atoms with Gasteiger partial charge in [0.2, 0.25) is 0 Å². The minimum absolute atomic E-state index is 0.241. The van der Waals surface area contributed by atoms with Crippen LogP contribution < -0.4 is 10.1 Å². The van der Waals surface area contributed by atoms with Crippen LogP contribution in [-0.4, -0.2) is 36.3 Å². The lowest BCUT2D eigenvalue weighted by Crippen LogP contribution is -2.14. The molecule has 0 atom stereocenters. The summed E-state index contributed by atoms with van der Waals surface area (Å²) in [6.07, 6.45) is 3.28. The first-order valence-electron chi connectivity index (χ1n) is 7.86. The molecular weight excluding hydrogens is 370 g/mol. The van der Waals surface area contributed by atoms with Crippen molar-refractivity contribution in [1.82, 2.24) is 9.55 Å². The van der Waals surface area contributed by atoms with E-state index in [2.05, 4.69) is 10.3 Å². The Morgan fingerprint density at radius 2 is 2.08 bits per heavy atom. The smallest absolute Gasteiger partial charge is 0.175 e. The number of para-hydroxylation sites is 1. The number of nitrogens with one attached hydrogen (secondary N) is 1. The molecule has 1 heterocycles. The summed E-state index contributed by atoms with van der Waals surface area (Å²) < 4.78 is 30.9. The number of imidazole rings is 1. The Balaban J connectivity index is 1.89. The maximum atomic E-state index is 11.8. The van der Waals surface area contributed by atoms with Crippen LogP contribution >= 0.6 is 12.2 Å². The Labute approximate surface area is 157 Å². The van der Waals surface area contributed by atoms with Crippen LogP contribution in [0.25, 0.3) is 11.0 Å². The molecule has 0 amide bonds.